The average Bonchev–Trinajstić information content (AvgIpc) is 2.65. The number of hydrogen-bond donors (Lipinski definition) is 2. The summed E-state index contributed by atoms with van der Waals surface area (Å²) in [5.41, 5.74) is 5.07. The molecule has 0 radical (unpaired) electrons. The number of amides is 1. The number of rotatable bonds is 5. The number of aryl methyl sites for hydroxylation is 3. The Morgan fingerprint density at radius 2 is 1.74 bits per heavy atom. The van der Waals surface area contributed by atoms with Crippen LogP contribution in [0.25, 0.3) is 0 Å². The van der Waals surface area contributed by atoms with E-state index in [1.807, 2.05) is 57.2 Å². The van der Waals surface area contributed by atoms with E-state index >= 15 is 0 Å². The molecule has 138 valence electrons. The van der Waals surface area contributed by atoms with Crippen molar-refractivity contribution in [3.8, 4) is 5.75 Å². The number of carbonyl (C=O) groups excluding carboxylic acids is 1. The summed E-state index contributed by atoms with van der Waals surface area (Å²) in [6, 6.07) is 11.6. The molecule has 0 atom stereocenters. The molecule has 3 rings (SSSR count). The van der Waals surface area contributed by atoms with Crippen molar-refractivity contribution in [3.05, 3.63) is 71.2 Å². The Morgan fingerprint density at radius 1 is 1.00 bits per heavy atom. The fraction of sp³-hybridized carbons (Fsp3) is 0.190. The molecule has 0 aliphatic heterocycles. The summed E-state index contributed by atoms with van der Waals surface area (Å²) in [4.78, 5) is 21.0. The summed E-state index contributed by atoms with van der Waals surface area (Å²) in [6.45, 7) is 6.00. The number of methoxy groups -OCH3 is 1. The molecule has 1 aromatic heterocycles. The van der Waals surface area contributed by atoms with Crippen LogP contribution in [0.5, 0.6) is 5.75 Å². The fourth-order valence-corrected chi connectivity index (χ4v) is 2.76. The van der Waals surface area contributed by atoms with Crippen LogP contribution in [-0.4, -0.2) is 23.0 Å². The molecular weight excluding hydrogens is 340 g/mol. The van der Waals surface area contributed by atoms with Crippen molar-refractivity contribution in [3.63, 3.8) is 0 Å². The molecule has 1 amide bonds. The van der Waals surface area contributed by atoms with Crippen LogP contribution in [0.3, 0.4) is 0 Å². The lowest BCUT2D eigenvalue weighted by atomic mass is 10.1. The largest absolute Gasteiger partial charge is 0.495 e. The SMILES string of the molecule is COc1ccc(C)cc1NC(=O)c1cnc(Nc2c(C)cccc2C)cn1. The maximum Gasteiger partial charge on any atom is 0.275 e. The Hall–Kier alpha value is -3.41. The van der Waals surface area contributed by atoms with E-state index in [0.29, 0.717) is 17.3 Å². The Labute approximate surface area is 158 Å². The van der Waals surface area contributed by atoms with Gasteiger partial charge in [-0.15, -0.1) is 0 Å². The molecule has 27 heavy (non-hydrogen) atoms. The van der Waals surface area contributed by atoms with Gasteiger partial charge >= 0.3 is 0 Å². The molecule has 6 nitrogen and oxygen atoms in total. The summed E-state index contributed by atoms with van der Waals surface area (Å²) in [7, 11) is 1.56. The van der Waals surface area contributed by atoms with Crippen LogP contribution in [0, 0.1) is 20.8 Å². The molecule has 0 unspecified atom stereocenters. The number of nitrogens with zero attached hydrogens (tertiary/aromatic N) is 2. The zero-order valence-electron chi connectivity index (χ0n) is 15.8. The molecule has 2 aromatic carbocycles. The van der Waals surface area contributed by atoms with E-state index in [1.165, 1.54) is 6.20 Å². The Bertz CT molecular complexity index is 948. The molecule has 0 saturated carbocycles. The second-order valence-electron chi connectivity index (χ2n) is 6.34. The van der Waals surface area contributed by atoms with Crippen LogP contribution in [0.2, 0.25) is 0 Å². The first-order valence-corrected chi connectivity index (χ1v) is 8.59. The second-order valence-corrected chi connectivity index (χ2v) is 6.34. The van der Waals surface area contributed by atoms with E-state index < -0.39 is 0 Å². The van der Waals surface area contributed by atoms with E-state index in [-0.39, 0.29) is 11.6 Å². The molecule has 6 heteroatoms. The highest BCUT2D eigenvalue weighted by atomic mass is 16.5. The monoisotopic (exact) mass is 362 g/mol. The molecule has 2 N–H and O–H groups in total. The van der Waals surface area contributed by atoms with Gasteiger partial charge < -0.3 is 15.4 Å². The summed E-state index contributed by atoms with van der Waals surface area (Å²) in [5, 5.41) is 6.08. The van der Waals surface area contributed by atoms with Gasteiger partial charge in [0.25, 0.3) is 5.91 Å². The lowest BCUT2D eigenvalue weighted by molar-refractivity contribution is 0.102. The third-order valence-electron chi connectivity index (χ3n) is 4.22. The molecule has 0 saturated heterocycles. The zero-order chi connectivity index (χ0) is 19.4. The minimum atomic E-state index is -0.343. The van der Waals surface area contributed by atoms with Crippen LogP contribution in [0.1, 0.15) is 27.2 Å². The van der Waals surface area contributed by atoms with E-state index in [9.17, 15) is 4.79 Å². The van der Waals surface area contributed by atoms with Gasteiger partial charge in [-0.05, 0) is 49.6 Å². The number of para-hydroxylation sites is 1. The lowest BCUT2D eigenvalue weighted by Gasteiger charge is -2.12. The van der Waals surface area contributed by atoms with Crippen molar-refractivity contribution in [1.29, 1.82) is 0 Å². The van der Waals surface area contributed by atoms with Crippen molar-refractivity contribution in [2.24, 2.45) is 0 Å². The molecule has 0 bridgehead atoms. The summed E-state index contributed by atoms with van der Waals surface area (Å²) in [6.07, 6.45) is 3.00. The predicted octanol–water partition coefficient (Wildman–Crippen LogP) is 4.41. The van der Waals surface area contributed by atoms with Crippen LogP contribution >= 0.6 is 0 Å². The number of anilines is 3. The fourth-order valence-electron chi connectivity index (χ4n) is 2.76. The minimum absolute atomic E-state index is 0.227. The van der Waals surface area contributed by atoms with Crippen LogP contribution in [-0.2, 0) is 0 Å². The van der Waals surface area contributed by atoms with E-state index in [4.69, 9.17) is 4.74 Å². The third kappa shape index (κ3) is 4.23. The predicted molar refractivity (Wildman–Crippen MR) is 107 cm³/mol. The Morgan fingerprint density at radius 3 is 2.37 bits per heavy atom. The Kier molecular flexibility index (Phi) is 5.35. The highest BCUT2D eigenvalue weighted by Crippen LogP contribution is 2.26. The normalized spacial score (nSPS) is 10.4. The van der Waals surface area contributed by atoms with Gasteiger partial charge in [-0.3, -0.25) is 4.79 Å². The van der Waals surface area contributed by atoms with Gasteiger partial charge in [-0.25, -0.2) is 9.97 Å². The van der Waals surface area contributed by atoms with Crippen molar-refractivity contribution in [1.82, 2.24) is 9.97 Å². The standard InChI is InChI=1S/C21H22N4O2/c1-13-8-9-18(27-4)16(10-13)24-21(26)17-11-23-19(12-22-17)25-20-14(2)6-5-7-15(20)3/h5-12H,1-4H3,(H,23,25)(H,24,26). The first-order valence-electron chi connectivity index (χ1n) is 8.59. The van der Waals surface area contributed by atoms with Crippen LogP contribution < -0.4 is 15.4 Å². The molecule has 0 aliphatic carbocycles. The summed E-state index contributed by atoms with van der Waals surface area (Å²) < 4.78 is 5.28. The number of benzene rings is 2. The first kappa shape index (κ1) is 18.4. The number of ether oxygens (including phenoxy) is 1. The van der Waals surface area contributed by atoms with E-state index in [0.717, 1.165) is 22.4 Å². The second kappa shape index (κ2) is 7.86. The maximum atomic E-state index is 12.5. The number of aromatic nitrogens is 2. The first-order chi connectivity index (χ1) is 13.0. The highest BCUT2D eigenvalue weighted by Gasteiger charge is 2.12. The van der Waals surface area contributed by atoms with Gasteiger partial charge in [0.05, 0.1) is 25.2 Å². The van der Waals surface area contributed by atoms with Gasteiger partial charge in [0.1, 0.15) is 17.3 Å². The summed E-state index contributed by atoms with van der Waals surface area (Å²) in [5.74, 6) is 0.831. The minimum Gasteiger partial charge on any atom is -0.495 e. The number of nitrogens with one attached hydrogen (secondary N) is 2. The van der Waals surface area contributed by atoms with Gasteiger partial charge in [0.15, 0.2) is 0 Å². The number of hydrogen-bond acceptors (Lipinski definition) is 5. The maximum absolute atomic E-state index is 12.5. The van der Waals surface area contributed by atoms with Gasteiger partial charge in [0.2, 0.25) is 0 Å². The highest BCUT2D eigenvalue weighted by molar-refractivity contribution is 6.03. The van der Waals surface area contributed by atoms with E-state index in [2.05, 4.69) is 20.6 Å². The van der Waals surface area contributed by atoms with E-state index in [1.54, 1.807) is 13.3 Å². The van der Waals surface area contributed by atoms with Crippen molar-refractivity contribution in [2.75, 3.05) is 17.7 Å². The number of carbonyl (C=O) groups is 1. The quantitative estimate of drug-likeness (QED) is 0.703. The third-order valence-corrected chi connectivity index (χ3v) is 4.22. The van der Waals surface area contributed by atoms with Crippen molar-refractivity contribution in [2.45, 2.75) is 20.8 Å². The molecule has 0 spiro atoms. The Balaban J connectivity index is 1.75. The van der Waals surface area contributed by atoms with Gasteiger partial charge in [-0.2, -0.15) is 0 Å². The average molecular weight is 362 g/mol. The van der Waals surface area contributed by atoms with Gasteiger partial charge in [0, 0.05) is 5.69 Å². The van der Waals surface area contributed by atoms with Crippen LogP contribution in [0.15, 0.2) is 48.8 Å². The topological polar surface area (TPSA) is 76.1 Å². The summed E-state index contributed by atoms with van der Waals surface area (Å²) >= 11 is 0. The van der Waals surface area contributed by atoms with Crippen molar-refractivity contribution < 1.29 is 9.53 Å². The lowest BCUT2D eigenvalue weighted by Crippen LogP contribution is -2.15. The van der Waals surface area contributed by atoms with Crippen molar-refractivity contribution >= 4 is 23.1 Å². The molecule has 3 aromatic rings. The molecule has 0 aliphatic rings. The molecular formula is C21H22N4O2. The molecule has 0 fully saturated rings. The van der Waals surface area contributed by atoms with Crippen LogP contribution in [0.4, 0.5) is 17.2 Å². The van der Waals surface area contributed by atoms with Gasteiger partial charge in [-0.1, -0.05) is 24.3 Å². The smallest absolute Gasteiger partial charge is 0.275 e. The molecule has 1 heterocycles. The zero-order valence-corrected chi connectivity index (χ0v) is 15.8.